The van der Waals surface area contributed by atoms with Crippen molar-refractivity contribution in [1.82, 2.24) is 0 Å². The topological polar surface area (TPSA) is 12.4 Å². The van der Waals surface area contributed by atoms with Crippen molar-refractivity contribution in [3.05, 3.63) is 24.2 Å². The monoisotopic (exact) mass is 157 g/mol. The zero-order valence-electron chi connectivity index (χ0n) is 5.72. The van der Waals surface area contributed by atoms with Crippen molar-refractivity contribution in [2.45, 2.75) is 13.3 Å². The van der Waals surface area contributed by atoms with Crippen LogP contribution in [0.4, 0.5) is 4.39 Å². The van der Waals surface area contributed by atoms with Gasteiger partial charge in [0.15, 0.2) is 0 Å². The molecular formula is C7H8FNS. The highest BCUT2D eigenvalue weighted by molar-refractivity contribution is 7.78. The number of isothiocyanates is 1. The lowest BCUT2D eigenvalue weighted by molar-refractivity contribution is 0.644. The smallest absolute Gasteiger partial charge is 0.145 e. The SMILES string of the molecule is C=C(N=C=S)/C(F)=C\CC. The fourth-order valence-corrected chi connectivity index (χ4v) is 0.516. The van der Waals surface area contributed by atoms with E-state index in [9.17, 15) is 4.39 Å². The summed E-state index contributed by atoms with van der Waals surface area (Å²) in [6.07, 6.45) is 2.01. The lowest BCUT2D eigenvalue weighted by Crippen LogP contribution is -1.75. The third-order valence-electron chi connectivity index (χ3n) is 0.840. The van der Waals surface area contributed by atoms with Crippen LogP contribution in [0.5, 0.6) is 0 Å². The lowest BCUT2D eigenvalue weighted by atomic mass is 10.3. The second-order valence-corrected chi connectivity index (χ2v) is 1.79. The summed E-state index contributed by atoms with van der Waals surface area (Å²) in [5, 5.41) is 2.03. The molecular weight excluding hydrogens is 149 g/mol. The number of allylic oxidation sites excluding steroid dienone is 2. The van der Waals surface area contributed by atoms with Gasteiger partial charge in [-0.1, -0.05) is 13.5 Å². The van der Waals surface area contributed by atoms with Crippen LogP contribution < -0.4 is 0 Å². The number of thiocarbonyl (C=S) groups is 1. The van der Waals surface area contributed by atoms with E-state index in [4.69, 9.17) is 0 Å². The van der Waals surface area contributed by atoms with Crippen LogP contribution in [-0.2, 0) is 0 Å². The van der Waals surface area contributed by atoms with E-state index in [-0.39, 0.29) is 5.70 Å². The Labute approximate surface area is 65.0 Å². The highest BCUT2D eigenvalue weighted by Crippen LogP contribution is 2.09. The molecule has 54 valence electrons. The minimum absolute atomic E-state index is 0.0388. The summed E-state index contributed by atoms with van der Waals surface area (Å²) < 4.78 is 12.6. The maximum absolute atomic E-state index is 12.6. The predicted octanol–water partition coefficient (Wildman–Crippen LogP) is 2.87. The molecule has 0 heterocycles. The van der Waals surface area contributed by atoms with Crippen molar-refractivity contribution in [3.8, 4) is 0 Å². The zero-order valence-corrected chi connectivity index (χ0v) is 6.54. The minimum atomic E-state index is -0.431. The van der Waals surface area contributed by atoms with Crippen molar-refractivity contribution in [1.29, 1.82) is 0 Å². The summed E-state index contributed by atoms with van der Waals surface area (Å²) in [5.74, 6) is -0.431. The van der Waals surface area contributed by atoms with Crippen LogP contribution in [0, 0.1) is 0 Å². The number of nitrogens with zero attached hydrogens (tertiary/aromatic N) is 1. The highest BCUT2D eigenvalue weighted by atomic mass is 32.1. The molecule has 1 nitrogen and oxygen atoms in total. The Bertz CT molecular complexity index is 202. The Balaban J connectivity index is 4.21. The maximum Gasteiger partial charge on any atom is 0.145 e. The highest BCUT2D eigenvalue weighted by Gasteiger charge is 1.95. The van der Waals surface area contributed by atoms with Gasteiger partial charge in [-0.3, -0.25) is 0 Å². The Morgan fingerprint density at radius 1 is 1.90 bits per heavy atom. The van der Waals surface area contributed by atoms with E-state index in [0.29, 0.717) is 6.42 Å². The minimum Gasteiger partial charge on any atom is -0.205 e. The molecule has 0 bridgehead atoms. The average Bonchev–Trinajstić information content (AvgIpc) is 1.89. The molecule has 0 fully saturated rings. The van der Waals surface area contributed by atoms with Gasteiger partial charge in [0.1, 0.15) is 11.5 Å². The summed E-state index contributed by atoms with van der Waals surface area (Å²) in [6.45, 7) is 5.15. The van der Waals surface area contributed by atoms with Gasteiger partial charge in [0, 0.05) is 0 Å². The molecule has 0 aliphatic heterocycles. The predicted molar refractivity (Wildman–Crippen MR) is 43.6 cm³/mol. The van der Waals surface area contributed by atoms with Crippen molar-refractivity contribution in [2.24, 2.45) is 4.99 Å². The Morgan fingerprint density at radius 2 is 2.50 bits per heavy atom. The van der Waals surface area contributed by atoms with Crippen molar-refractivity contribution in [2.75, 3.05) is 0 Å². The van der Waals surface area contributed by atoms with Crippen molar-refractivity contribution >= 4 is 17.4 Å². The van der Waals surface area contributed by atoms with E-state index in [2.05, 4.69) is 23.8 Å². The molecule has 0 spiro atoms. The van der Waals surface area contributed by atoms with Gasteiger partial charge in [-0.05, 0) is 24.7 Å². The number of aliphatic imine (C=N–C) groups is 1. The first-order valence-electron chi connectivity index (χ1n) is 2.85. The van der Waals surface area contributed by atoms with Gasteiger partial charge in [-0.2, -0.15) is 4.99 Å². The van der Waals surface area contributed by atoms with Crippen LogP contribution in [-0.4, -0.2) is 5.16 Å². The molecule has 0 radical (unpaired) electrons. The molecule has 0 unspecified atom stereocenters. The fourth-order valence-electron chi connectivity index (χ4n) is 0.406. The van der Waals surface area contributed by atoms with Gasteiger partial charge in [0.2, 0.25) is 0 Å². The number of hydrogen-bond acceptors (Lipinski definition) is 2. The second kappa shape index (κ2) is 5.03. The van der Waals surface area contributed by atoms with Gasteiger partial charge in [-0.15, -0.1) is 0 Å². The number of rotatable bonds is 3. The first-order valence-corrected chi connectivity index (χ1v) is 3.26. The normalized spacial score (nSPS) is 10.4. The first kappa shape index (κ1) is 9.21. The van der Waals surface area contributed by atoms with Crippen LogP contribution >= 0.6 is 12.2 Å². The van der Waals surface area contributed by atoms with Crippen LogP contribution in [0.25, 0.3) is 0 Å². The van der Waals surface area contributed by atoms with E-state index < -0.39 is 5.83 Å². The molecule has 0 saturated carbocycles. The first-order chi connectivity index (χ1) is 4.72. The Morgan fingerprint density at radius 3 is 2.90 bits per heavy atom. The average molecular weight is 157 g/mol. The van der Waals surface area contributed by atoms with E-state index in [1.807, 2.05) is 12.1 Å². The molecule has 0 aliphatic rings. The largest absolute Gasteiger partial charge is 0.205 e. The number of hydrogen-bond donors (Lipinski definition) is 0. The molecule has 0 amide bonds. The Hall–Kier alpha value is -0.790. The summed E-state index contributed by atoms with van der Waals surface area (Å²) in [6, 6.07) is 0. The van der Waals surface area contributed by atoms with Gasteiger partial charge in [0.05, 0.1) is 5.16 Å². The Kier molecular flexibility index (Phi) is 4.63. The van der Waals surface area contributed by atoms with Gasteiger partial charge >= 0.3 is 0 Å². The lowest BCUT2D eigenvalue weighted by Gasteiger charge is -1.89. The molecule has 0 atom stereocenters. The van der Waals surface area contributed by atoms with Crippen LogP contribution in [0.15, 0.2) is 29.2 Å². The van der Waals surface area contributed by atoms with E-state index in [0.717, 1.165) is 0 Å². The molecule has 0 aromatic carbocycles. The van der Waals surface area contributed by atoms with E-state index in [1.54, 1.807) is 0 Å². The zero-order chi connectivity index (χ0) is 7.98. The maximum atomic E-state index is 12.6. The molecule has 0 rings (SSSR count). The van der Waals surface area contributed by atoms with Crippen molar-refractivity contribution in [3.63, 3.8) is 0 Å². The molecule has 10 heavy (non-hydrogen) atoms. The van der Waals surface area contributed by atoms with E-state index >= 15 is 0 Å². The fraction of sp³-hybridized carbons (Fsp3) is 0.286. The molecule has 0 N–H and O–H groups in total. The van der Waals surface area contributed by atoms with E-state index in [1.165, 1.54) is 6.08 Å². The second-order valence-electron chi connectivity index (χ2n) is 1.61. The summed E-state index contributed by atoms with van der Waals surface area (Å²) >= 11 is 4.26. The summed E-state index contributed by atoms with van der Waals surface area (Å²) in [5.41, 5.74) is 0.0388. The summed E-state index contributed by atoms with van der Waals surface area (Å²) in [4.78, 5) is 3.37. The number of halogens is 1. The third kappa shape index (κ3) is 3.28. The quantitative estimate of drug-likeness (QED) is 0.348. The van der Waals surface area contributed by atoms with Gasteiger partial charge < -0.3 is 0 Å². The molecule has 0 aliphatic carbocycles. The third-order valence-corrected chi connectivity index (χ3v) is 0.931. The van der Waals surface area contributed by atoms with Crippen LogP contribution in [0.1, 0.15) is 13.3 Å². The standard InChI is InChI=1S/C7H8FNS/c1-3-4-7(8)6(2)9-5-10/h4H,2-3H2,1H3/b7-4+. The van der Waals surface area contributed by atoms with Crippen LogP contribution in [0.2, 0.25) is 0 Å². The van der Waals surface area contributed by atoms with Gasteiger partial charge in [0.25, 0.3) is 0 Å². The molecule has 0 aromatic rings. The van der Waals surface area contributed by atoms with Crippen LogP contribution in [0.3, 0.4) is 0 Å². The molecule has 0 saturated heterocycles. The molecule has 3 heteroatoms. The molecule has 0 aromatic heterocycles. The summed E-state index contributed by atoms with van der Waals surface area (Å²) in [7, 11) is 0. The van der Waals surface area contributed by atoms with Gasteiger partial charge in [-0.25, -0.2) is 4.39 Å². The van der Waals surface area contributed by atoms with Crippen molar-refractivity contribution < 1.29 is 4.39 Å².